The lowest BCUT2D eigenvalue weighted by atomic mass is 10.0. The van der Waals surface area contributed by atoms with Crippen LogP contribution in [0.5, 0.6) is 0 Å². The van der Waals surface area contributed by atoms with Gasteiger partial charge >= 0.3 is 6.09 Å². The molecule has 0 bridgehead atoms. The van der Waals surface area contributed by atoms with Crippen LogP contribution in [0.3, 0.4) is 0 Å². The van der Waals surface area contributed by atoms with Crippen molar-refractivity contribution in [3.05, 3.63) is 47.2 Å². The smallest absolute Gasteiger partial charge is 0.407 e. The zero-order chi connectivity index (χ0) is 21.4. The fourth-order valence-electron chi connectivity index (χ4n) is 3.60. The number of carbonyl (C=O) groups is 2. The van der Waals surface area contributed by atoms with Crippen LogP contribution in [-0.2, 0) is 11.2 Å². The maximum absolute atomic E-state index is 12.9. The maximum Gasteiger partial charge on any atom is 0.407 e. The molecule has 4 rings (SSSR count). The Morgan fingerprint density at radius 3 is 2.83 bits per heavy atom. The highest BCUT2D eigenvalue weighted by Gasteiger charge is 2.28. The Bertz CT molecular complexity index is 1130. The molecule has 0 spiro atoms. The summed E-state index contributed by atoms with van der Waals surface area (Å²) in [6.45, 7) is 0.226. The van der Waals surface area contributed by atoms with Gasteiger partial charge in [0.1, 0.15) is 12.2 Å². The quantitative estimate of drug-likeness (QED) is 0.649. The lowest BCUT2D eigenvalue weighted by Gasteiger charge is -2.33. The number of fused-ring (bicyclic) bond motifs is 1. The number of pyridine rings is 1. The summed E-state index contributed by atoms with van der Waals surface area (Å²) in [5.74, 6) is -0.328. The van der Waals surface area contributed by atoms with Gasteiger partial charge in [-0.1, -0.05) is 23.7 Å². The second kappa shape index (κ2) is 7.91. The van der Waals surface area contributed by atoms with Crippen LogP contribution in [0.4, 0.5) is 19.3 Å². The fraction of sp³-hybridized carbons (Fsp3) is 0.250. The van der Waals surface area contributed by atoms with E-state index in [0.717, 1.165) is 4.90 Å². The summed E-state index contributed by atoms with van der Waals surface area (Å²) >= 11 is 6.57. The molecule has 1 fully saturated rings. The Kier molecular flexibility index (Phi) is 5.29. The number of rotatable bonds is 4. The highest BCUT2D eigenvalue weighted by Crippen LogP contribution is 2.36. The molecule has 2 aromatic heterocycles. The van der Waals surface area contributed by atoms with E-state index in [0.29, 0.717) is 38.4 Å². The van der Waals surface area contributed by atoms with Gasteiger partial charge < -0.3 is 15.0 Å². The van der Waals surface area contributed by atoms with Crippen LogP contribution in [0, 0.1) is 0 Å². The third-order valence-corrected chi connectivity index (χ3v) is 5.45. The Hall–Kier alpha value is -3.20. The number of anilines is 1. The van der Waals surface area contributed by atoms with E-state index in [1.165, 1.54) is 11.1 Å². The molecule has 1 aliphatic heterocycles. The van der Waals surface area contributed by atoms with E-state index in [4.69, 9.17) is 16.7 Å². The first-order valence-corrected chi connectivity index (χ1v) is 9.54. The number of carbonyl (C=O) groups excluding carboxylic acids is 1. The van der Waals surface area contributed by atoms with E-state index in [-0.39, 0.29) is 25.5 Å². The molecule has 7 nitrogen and oxygen atoms in total. The lowest BCUT2D eigenvalue weighted by Crippen LogP contribution is -2.52. The van der Waals surface area contributed by atoms with Crippen molar-refractivity contribution in [3.8, 4) is 11.1 Å². The summed E-state index contributed by atoms with van der Waals surface area (Å²) in [7, 11) is 0. The number of aromatic nitrogens is 2. The van der Waals surface area contributed by atoms with Crippen LogP contribution in [-0.4, -0.2) is 58.0 Å². The average Bonchev–Trinajstić information content (AvgIpc) is 3.11. The topological polar surface area (TPSA) is 89.5 Å². The number of alkyl halides is 2. The number of aromatic amines is 1. The fourth-order valence-corrected chi connectivity index (χ4v) is 3.97. The van der Waals surface area contributed by atoms with Crippen LogP contribution < -0.4 is 4.90 Å². The van der Waals surface area contributed by atoms with Crippen molar-refractivity contribution in [2.45, 2.75) is 12.8 Å². The first-order chi connectivity index (χ1) is 14.3. The molecule has 1 aliphatic rings. The van der Waals surface area contributed by atoms with Crippen molar-refractivity contribution in [2.24, 2.45) is 0 Å². The molecule has 30 heavy (non-hydrogen) atoms. The van der Waals surface area contributed by atoms with Crippen LogP contribution in [0.25, 0.3) is 22.2 Å². The van der Waals surface area contributed by atoms with Gasteiger partial charge in [0, 0.05) is 48.5 Å². The van der Waals surface area contributed by atoms with E-state index in [9.17, 15) is 18.4 Å². The molecule has 1 saturated heterocycles. The zero-order valence-corrected chi connectivity index (χ0v) is 16.4. The normalized spacial score (nSPS) is 14.7. The first-order valence-electron chi connectivity index (χ1n) is 9.16. The van der Waals surface area contributed by atoms with Crippen molar-refractivity contribution < 1.29 is 23.5 Å². The van der Waals surface area contributed by atoms with Gasteiger partial charge in [-0.3, -0.25) is 9.69 Å². The molecular weight excluding hydrogens is 418 g/mol. The van der Waals surface area contributed by atoms with Gasteiger partial charge in [-0.25, -0.2) is 18.6 Å². The SMILES string of the molecule is O=C(O)N1CCN(c2cccc(-c3cnc4[nH]cc(CC(F)F)c4c3Cl)c2)C(=O)C1. The number of H-pyrrole nitrogens is 1. The van der Waals surface area contributed by atoms with Crippen LogP contribution in [0.15, 0.2) is 36.7 Å². The number of benzene rings is 1. The molecule has 0 aliphatic carbocycles. The molecule has 1 aromatic carbocycles. The largest absolute Gasteiger partial charge is 0.465 e. The van der Waals surface area contributed by atoms with Crippen molar-refractivity contribution >= 4 is 40.3 Å². The Morgan fingerprint density at radius 1 is 1.33 bits per heavy atom. The third-order valence-electron chi connectivity index (χ3n) is 5.05. The van der Waals surface area contributed by atoms with Crippen molar-refractivity contribution in [3.63, 3.8) is 0 Å². The highest BCUT2D eigenvalue weighted by atomic mass is 35.5. The van der Waals surface area contributed by atoms with E-state index in [1.54, 1.807) is 30.5 Å². The van der Waals surface area contributed by atoms with E-state index in [2.05, 4.69) is 9.97 Å². The summed E-state index contributed by atoms with van der Waals surface area (Å²) in [6.07, 6.45) is -1.04. The minimum Gasteiger partial charge on any atom is -0.465 e. The molecule has 156 valence electrons. The molecule has 3 heterocycles. The summed E-state index contributed by atoms with van der Waals surface area (Å²) in [4.78, 5) is 33.2. The van der Waals surface area contributed by atoms with Gasteiger partial charge in [-0.15, -0.1) is 0 Å². The predicted molar refractivity (Wildman–Crippen MR) is 108 cm³/mol. The number of nitrogens with zero attached hydrogens (tertiary/aromatic N) is 3. The second-order valence-electron chi connectivity index (χ2n) is 6.92. The van der Waals surface area contributed by atoms with Crippen molar-refractivity contribution in [1.29, 1.82) is 0 Å². The van der Waals surface area contributed by atoms with Crippen molar-refractivity contribution in [2.75, 3.05) is 24.5 Å². The van der Waals surface area contributed by atoms with Gasteiger partial charge in [-0.05, 0) is 23.3 Å². The average molecular weight is 435 g/mol. The van der Waals surface area contributed by atoms with Crippen LogP contribution in [0.1, 0.15) is 5.56 Å². The van der Waals surface area contributed by atoms with E-state index < -0.39 is 18.9 Å². The number of halogens is 3. The Balaban J connectivity index is 1.69. The number of hydrogen-bond donors (Lipinski definition) is 2. The van der Waals surface area contributed by atoms with Crippen LogP contribution in [0.2, 0.25) is 5.02 Å². The second-order valence-corrected chi connectivity index (χ2v) is 7.30. The third kappa shape index (κ3) is 3.68. The van der Waals surface area contributed by atoms with Crippen LogP contribution >= 0.6 is 11.6 Å². The summed E-state index contributed by atoms with van der Waals surface area (Å²) in [5.41, 5.74) is 2.63. The Labute approximate surface area is 174 Å². The highest BCUT2D eigenvalue weighted by molar-refractivity contribution is 6.38. The minimum absolute atomic E-state index is 0.208. The van der Waals surface area contributed by atoms with E-state index in [1.807, 2.05) is 0 Å². The van der Waals surface area contributed by atoms with Crippen molar-refractivity contribution in [1.82, 2.24) is 14.9 Å². The molecule has 0 atom stereocenters. The zero-order valence-electron chi connectivity index (χ0n) is 15.6. The summed E-state index contributed by atoms with van der Waals surface area (Å²) in [5, 5.41) is 9.82. The maximum atomic E-state index is 12.9. The predicted octanol–water partition coefficient (Wildman–Crippen LogP) is 4.02. The molecule has 0 radical (unpaired) electrons. The molecule has 10 heteroatoms. The minimum atomic E-state index is -2.51. The first kappa shape index (κ1) is 20.1. The standard InChI is InChI=1S/C20H17ClF2N4O3/c21-18-14(9-25-19-17(18)12(8-24-19)7-15(22)23)11-2-1-3-13(6-11)27-5-4-26(20(29)30)10-16(27)28/h1-3,6,8-9,15H,4-5,7,10H2,(H,24,25)(H,29,30). The monoisotopic (exact) mass is 434 g/mol. The Morgan fingerprint density at radius 2 is 2.13 bits per heavy atom. The number of carboxylic acid groups (broad SMARTS) is 1. The number of amides is 2. The van der Waals surface area contributed by atoms with Gasteiger partial charge in [0.2, 0.25) is 12.3 Å². The molecule has 2 amide bonds. The number of piperazine rings is 1. The molecule has 3 aromatic rings. The van der Waals surface area contributed by atoms with E-state index >= 15 is 0 Å². The van der Waals surface area contributed by atoms with Gasteiger partial charge in [0.25, 0.3) is 0 Å². The number of hydrogen-bond acceptors (Lipinski definition) is 3. The summed E-state index contributed by atoms with van der Waals surface area (Å²) in [6, 6.07) is 7.04. The number of nitrogens with one attached hydrogen (secondary N) is 1. The summed E-state index contributed by atoms with van der Waals surface area (Å²) < 4.78 is 25.8. The van der Waals surface area contributed by atoms with Gasteiger partial charge in [0.15, 0.2) is 0 Å². The van der Waals surface area contributed by atoms with Gasteiger partial charge in [-0.2, -0.15) is 0 Å². The molecule has 0 unspecified atom stereocenters. The van der Waals surface area contributed by atoms with Gasteiger partial charge in [0.05, 0.1) is 5.02 Å². The molecule has 0 saturated carbocycles. The lowest BCUT2D eigenvalue weighted by molar-refractivity contribution is -0.120. The molecular formula is C20H17ClF2N4O3. The molecule has 2 N–H and O–H groups in total.